The molecule has 0 bridgehead atoms. The van der Waals surface area contributed by atoms with Gasteiger partial charge in [0.2, 0.25) is 5.91 Å². The van der Waals surface area contributed by atoms with Crippen molar-refractivity contribution in [2.75, 3.05) is 13.1 Å². The summed E-state index contributed by atoms with van der Waals surface area (Å²) in [6.07, 6.45) is 6.20. The highest BCUT2D eigenvalue weighted by atomic mass is 16.2. The quantitative estimate of drug-likeness (QED) is 0.795. The van der Waals surface area contributed by atoms with E-state index in [-0.39, 0.29) is 29.7 Å². The third kappa shape index (κ3) is 4.75. The van der Waals surface area contributed by atoms with Crippen molar-refractivity contribution >= 4 is 11.8 Å². The maximum atomic E-state index is 13.2. The Hall–Kier alpha value is -2.62. The summed E-state index contributed by atoms with van der Waals surface area (Å²) in [5.74, 6) is 0.630. The molecule has 1 heterocycles. The number of aryl methyl sites for hydroxylation is 1. The number of hydrogen-bond acceptors (Lipinski definition) is 2. The zero-order valence-corrected chi connectivity index (χ0v) is 17.8. The molecule has 0 aromatic heterocycles. The first kappa shape index (κ1) is 20.6. The lowest BCUT2D eigenvalue weighted by atomic mass is 9.86. The van der Waals surface area contributed by atoms with Crippen molar-refractivity contribution in [1.29, 1.82) is 0 Å². The SMILES string of the molecule is CCc1ccc(C2CC(NC(=O)c3ccccc3)CN(C(=O)C3CCCC3)C2)cc1. The minimum atomic E-state index is -0.0594. The summed E-state index contributed by atoms with van der Waals surface area (Å²) in [6, 6.07) is 18.1. The molecule has 30 heavy (non-hydrogen) atoms. The molecule has 1 aliphatic heterocycles. The van der Waals surface area contributed by atoms with E-state index in [1.165, 1.54) is 11.1 Å². The maximum Gasteiger partial charge on any atom is 0.251 e. The first-order chi connectivity index (χ1) is 14.6. The summed E-state index contributed by atoms with van der Waals surface area (Å²) in [5, 5.41) is 3.20. The molecule has 1 aliphatic carbocycles. The van der Waals surface area contributed by atoms with Crippen LogP contribution in [-0.4, -0.2) is 35.8 Å². The predicted molar refractivity (Wildman–Crippen MR) is 119 cm³/mol. The Morgan fingerprint density at radius 3 is 2.33 bits per heavy atom. The molecule has 4 heteroatoms. The summed E-state index contributed by atoms with van der Waals surface area (Å²) in [7, 11) is 0. The van der Waals surface area contributed by atoms with Crippen molar-refractivity contribution in [2.45, 2.75) is 57.4 Å². The number of piperidine rings is 1. The number of amides is 2. The number of carbonyl (C=O) groups is 2. The summed E-state index contributed by atoms with van der Waals surface area (Å²) in [4.78, 5) is 28.0. The smallest absolute Gasteiger partial charge is 0.251 e. The highest BCUT2D eigenvalue weighted by Gasteiger charge is 2.35. The average Bonchev–Trinajstić information content (AvgIpc) is 3.34. The van der Waals surface area contributed by atoms with Gasteiger partial charge in [-0.15, -0.1) is 0 Å². The average molecular weight is 405 g/mol. The van der Waals surface area contributed by atoms with Crippen LogP contribution in [0.25, 0.3) is 0 Å². The molecule has 0 radical (unpaired) electrons. The number of rotatable bonds is 5. The fourth-order valence-electron chi connectivity index (χ4n) is 4.94. The second-order valence-corrected chi connectivity index (χ2v) is 8.79. The van der Waals surface area contributed by atoms with Crippen LogP contribution in [0.15, 0.2) is 54.6 Å². The van der Waals surface area contributed by atoms with Gasteiger partial charge in [-0.1, -0.05) is 62.2 Å². The topological polar surface area (TPSA) is 49.4 Å². The fourth-order valence-corrected chi connectivity index (χ4v) is 4.94. The van der Waals surface area contributed by atoms with Crippen LogP contribution in [0.1, 0.15) is 66.4 Å². The van der Waals surface area contributed by atoms with Gasteiger partial charge in [0, 0.05) is 36.5 Å². The van der Waals surface area contributed by atoms with E-state index < -0.39 is 0 Å². The molecule has 0 spiro atoms. The second kappa shape index (κ2) is 9.46. The monoisotopic (exact) mass is 404 g/mol. The van der Waals surface area contributed by atoms with Crippen LogP contribution in [-0.2, 0) is 11.2 Å². The van der Waals surface area contributed by atoms with E-state index in [1.54, 1.807) is 0 Å². The molecule has 1 saturated heterocycles. The highest BCUT2D eigenvalue weighted by Crippen LogP contribution is 2.32. The third-order valence-corrected chi connectivity index (χ3v) is 6.70. The van der Waals surface area contributed by atoms with Gasteiger partial charge < -0.3 is 10.2 Å². The van der Waals surface area contributed by atoms with Crippen LogP contribution in [0.3, 0.4) is 0 Å². The van der Waals surface area contributed by atoms with Gasteiger partial charge in [-0.25, -0.2) is 0 Å². The highest BCUT2D eigenvalue weighted by molar-refractivity contribution is 5.94. The van der Waals surface area contributed by atoms with Gasteiger partial charge in [-0.2, -0.15) is 0 Å². The van der Waals surface area contributed by atoms with Crippen LogP contribution in [0.4, 0.5) is 0 Å². The van der Waals surface area contributed by atoms with Gasteiger partial charge in [-0.3, -0.25) is 9.59 Å². The van der Waals surface area contributed by atoms with E-state index in [4.69, 9.17) is 0 Å². The Bertz CT molecular complexity index is 856. The van der Waals surface area contributed by atoms with E-state index in [2.05, 4.69) is 36.5 Å². The molecule has 2 atom stereocenters. The predicted octanol–water partition coefficient (Wildman–Crippen LogP) is 4.55. The van der Waals surface area contributed by atoms with Crippen LogP contribution in [0.2, 0.25) is 0 Å². The van der Waals surface area contributed by atoms with E-state index in [9.17, 15) is 9.59 Å². The Morgan fingerprint density at radius 1 is 0.967 bits per heavy atom. The van der Waals surface area contributed by atoms with Gasteiger partial charge in [0.15, 0.2) is 0 Å². The Balaban J connectivity index is 1.52. The summed E-state index contributed by atoms with van der Waals surface area (Å²) >= 11 is 0. The molecule has 2 unspecified atom stereocenters. The molecule has 2 fully saturated rings. The largest absolute Gasteiger partial charge is 0.348 e. The maximum absolute atomic E-state index is 13.2. The third-order valence-electron chi connectivity index (χ3n) is 6.70. The Morgan fingerprint density at radius 2 is 1.67 bits per heavy atom. The number of carbonyl (C=O) groups excluding carboxylic acids is 2. The Labute approximate surface area is 179 Å². The van der Waals surface area contributed by atoms with E-state index in [0.29, 0.717) is 12.1 Å². The van der Waals surface area contributed by atoms with Gasteiger partial charge in [0.05, 0.1) is 0 Å². The van der Waals surface area contributed by atoms with Crippen LogP contribution >= 0.6 is 0 Å². The second-order valence-electron chi connectivity index (χ2n) is 8.79. The van der Waals surface area contributed by atoms with E-state index in [0.717, 1.165) is 45.1 Å². The summed E-state index contributed by atoms with van der Waals surface area (Å²) in [5.41, 5.74) is 3.25. The number of hydrogen-bond donors (Lipinski definition) is 1. The number of nitrogens with zero attached hydrogens (tertiary/aromatic N) is 1. The molecular weight excluding hydrogens is 372 g/mol. The van der Waals surface area contributed by atoms with Gasteiger partial charge in [-0.05, 0) is 48.9 Å². The molecular formula is C26H32N2O2. The van der Waals surface area contributed by atoms with Crippen molar-refractivity contribution in [2.24, 2.45) is 5.92 Å². The molecule has 4 nitrogen and oxygen atoms in total. The van der Waals surface area contributed by atoms with Crippen LogP contribution in [0, 0.1) is 5.92 Å². The zero-order valence-electron chi connectivity index (χ0n) is 17.8. The minimum Gasteiger partial charge on any atom is -0.348 e. The molecule has 2 aromatic rings. The number of nitrogens with one attached hydrogen (secondary N) is 1. The molecule has 158 valence electrons. The van der Waals surface area contributed by atoms with Gasteiger partial charge >= 0.3 is 0 Å². The lowest BCUT2D eigenvalue weighted by Crippen LogP contribution is -2.53. The van der Waals surface area contributed by atoms with Crippen LogP contribution in [0.5, 0.6) is 0 Å². The number of likely N-dealkylation sites (tertiary alicyclic amines) is 1. The lowest BCUT2D eigenvalue weighted by molar-refractivity contribution is -0.137. The van der Waals surface area contributed by atoms with Crippen molar-refractivity contribution in [1.82, 2.24) is 10.2 Å². The van der Waals surface area contributed by atoms with Gasteiger partial charge in [0.1, 0.15) is 0 Å². The fraction of sp³-hybridized carbons (Fsp3) is 0.462. The van der Waals surface area contributed by atoms with E-state index in [1.807, 2.05) is 35.2 Å². The zero-order chi connectivity index (χ0) is 20.9. The number of benzene rings is 2. The molecule has 1 N–H and O–H groups in total. The van der Waals surface area contributed by atoms with Crippen LogP contribution < -0.4 is 5.32 Å². The Kier molecular flexibility index (Phi) is 6.51. The lowest BCUT2D eigenvalue weighted by Gasteiger charge is -2.39. The molecule has 1 saturated carbocycles. The van der Waals surface area contributed by atoms with Gasteiger partial charge in [0.25, 0.3) is 5.91 Å². The summed E-state index contributed by atoms with van der Waals surface area (Å²) in [6.45, 7) is 3.52. The molecule has 2 aliphatic rings. The van der Waals surface area contributed by atoms with Crippen molar-refractivity contribution in [3.63, 3.8) is 0 Å². The minimum absolute atomic E-state index is 0.0346. The molecule has 4 rings (SSSR count). The first-order valence-corrected chi connectivity index (χ1v) is 11.4. The first-order valence-electron chi connectivity index (χ1n) is 11.4. The molecule has 2 amide bonds. The normalized spacial score (nSPS) is 22.1. The van der Waals surface area contributed by atoms with E-state index >= 15 is 0 Å². The molecule has 2 aromatic carbocycles. The van der Waals surface area contributed by atoms with Crippen molar-refractivity contribution < 1.29 is 9.59 Å². The summed E-state index contributed by atoms with van der Waals surface area (Å²) < 4.78 is 0. The van der Waals surface area contributed by atoms with Crippen molar-refractivity contribution in [3.05, 3.63) is 71.3 Å². The standard InChI is InChI=1S/C26H32N2O2/c1-2-19-12-14-20(15-13-19)23-16-24(27-25(29)21-8-4-3-5-9-21)18-28(17-23)26(30)22-10-6-7-11-22/h3-5,8-9,12-15,22-24H,2,6-7,10-11,16-18H2,1H3,(H,27,29). The van der Waals surface area contributed by atoms with Crippen molar-refractivity contribution in [3.8, 4) is 0 Å².